The summed E-state index contributed by atoms with van der Waals surface area (Å²) in [5.74, 6) is 0.379. The van der Waals surface area contributed by atoms with Crippen molar-refractivity contribution in [3.8, 4) is 5.75 Å². The lowest BCUT2D eigenvalue weighted by atomic mass is 10.1. The molecule has 4 nitrogen and oxygen atoms in total. The van der Waals surface area contributed by atoms with Crippen LogP contribution in [0, 0.1) is 5.92 Å². The van der Waals surface area contributed by atoms with Crippen molar-refractivity contribution in [2.75, 3.05) is 5.32 Å². The summed E-state index contributed by atoms with van der Waals surface area (Å²) < 4.78 is 5.12. The quantitative estimate of drug-likeness (QED) is 0.828. The van der Waals surface area contributed by atoms with Crippen LogP contribution in [-0.2, 0) is 4.74 Å². The van der Waals surface area contributed by atoms with Crippen molar-refractivity contribution in [3.63, 3.8) is 0 Å². The fraction of sp³-hybridized carbons (Fsp3) is 0.417. The molecule has 0 heterocycles. The standard InChI is InChI=1S/C12H17NO3/c1-8(2)9(3)16-12(15)13-10-5-4-6-11(14)7-10/h4-9,14H,1-3H3,(H,13,15)/t9-/m1/s1. The molecule has 0 unspecified atom stereocenters. The Kier molecular flexibility index (Phi) is 4.17. The first-order valence-electron chi connectivity index (χ1n) is 5.25. The van der Waals surface area contributed by atoms with Gasteiger partial charge >= 0.3 is 6.09 Å². The molecule has 0 aliphatic carbocycles. The Hall–Kier alpha value is -1.71. The monoisotopic (exact) mass is 223 g/mol. The highest BCUT2D eigenvalue weighted by Gasteiger charge is 2.12. The molecule has 0 radical (unpaired) electrons. The Labute approximate surface area is 95.2 Å². The molecular weight excluding hydrogens is 206 g/mol. The van der Waals surface area contributed by atoms with E-state index >= 15 is 0 Å². The van der Waals surface area contributed by atoms with Gasteiger partial charge in [-0.3, -0.25) is 5.32 Å². The van der Waals surface area contributed by atoms with Crippen molar-refractivity contribution in [3.05, 3.63) is 24.3 Å². The van der Waals surface area contributed by atoms with Crippen molar-refractivity contribution in [1.82, 2.24) is 0 Å². The summed E-state index contributed by atoms with van der Waals surface area (Å²) in [4.78, 5) is 11.4. The number of hydrogen-bond acceptors (Lipinski definition) is 3. The molecule has 2 N–H and O–H groups in total. The predicted octanol–water partition coefficient (Wildman–Crippen LogP) is 2.99. The lowest BCUT2D eigenvalue weighted by Crippen LogP contribution is -2.23. The molecule has 1 aromatic carbocycles. The third-order valence-corrected chi connectivity index (χ3v) is 2.32. The molecule has 0 saturated carbocycles. The van der Waals surface area contributed by atoms with Gasteiger partial charge in [0.15, 0.2) is 0 Å². The number of phenols is 1. The second-order valence-electron chi connectivity index (χ2n) is 4.03. The van der Waals surface area contributed by atoms with Gasteiger partial charge < -0.3 is 9.84 Å². The largest absolute Gasteiger partial charge is 0.508 e. The van der Waals surface area contributed by atoms with Gasteiger partial charge in [0.1, 0.15) is 11.9 Å². The van der Waals surface area contributed by atoms with E-state index in [1.165, 1.54) is 12.1 Å². The SMILES string of the molecule is CC(C)[C@@H](C)OC(=O)Nc1cccc(O)c1. The zero-order valence-electron chi connectivity index (χ0n) is 9.73. The maximum absolute atomic E-state index is 11.4. The second-order valence-corrected chi connectivity index (χ2v) is 4.03. The van der Waals surface area contributed by atoms with Crippen molar-refractivity contribution in [2.45, 2.75) is 26.9 Å². The topological polar surface area (TPSA) is 58.6 Å². The molecule has 0 bridgehead atoms. The number of rotatable bonds is 3. The highest BCUT2D eigenvalue weighted by atomic mass is 16.6. The van der Waals surface area contributed by atoms with E-state index in [0.717, 1.165) is 0 Å². The zero-order chi connectivity index (χ0) is 12.1. The minimum absolute atomic E-state index is 0.106. The van der Waals surface area contributed by atoms with E-state index < -0.39 is 6.09 Å². The van der Waals surface area contributed by atoms with E-state index in [4.69, 9.17) is 4.74 Å². The number of phenolic OH excluding ortho intramolecular Hbond substituents is 1. The van der Waals surface area contributed by atoms with Crippen molar-refractivity contribution in [1.29, 1.82) is 0 Å². The van der Waals surface area contributed by atoms with Crippen LogP contribution in [0.4, 0.5) is 10.5 Å². The Morgan fingerprint density at radius 3 is 2.62 bits per heavy atom. The van der Waals surface area contributed by atoms with Crippen LogP contribution in [-0.4, -0.2) is 17.3 Å². The van der Waals surface area contributed by atoms with Gasteiger partial charge in [-0.1, -0.05) is 19.9 Å². The predicted molar refractivity (Wildman–Crippen MR) is 62.5 cm³/mol. The Balaban J connectivity index is 2.52. The molecule has 0 spiro atoms. The average Bonchev–Trinajstić information content (AvgIpc) is 2.16. The zero-order valence-corrected chi connectivity index (χ0v) is 9.73. The molecule has 0 saturated heterocycles. The van der Waals surface area contributed by atoms with Gasteiger partial charge in [0, 0.05) is 11.8 Å². The molecule has 0 aliphatic rings. The average molecular weight is 223 g/mol. The van der Waals surface area contributed by atoms with E-state index in [1.54, 1.807) is 12.1 Å². The van der Waals surface area contributed by atoms with Gasteiger partial charge in [0.25, 0.3) is 0 Å². The molecule has 0 aliphatic heterocycles. The number of hydrogen-bond donors (Lipinski definition) is 2. The highest BCUT2D eigenvalue weighted by molar-refractivity contribution is 5.84. The molecule has 0 fully saturated rings. The molecule has 0 aromatic heterocycles. The first-order chi connectivity index (χ1) is 7.49. The van der Waals surface area contributed by atoms with E-state index in [2.05, 4.69) is 5.32 Å². The van der Waals surface area contributed by atoms with Crippen LogP contribution < -0.4 is 5.32 Å². The molecule has 88 valence electrons. The minimum atomic E-state index is -0.508. The molecule has 1 amide bonds. The summed E-state index contributed by atoms with van der Waals surface area (Å²) in [5, 5.41) is 11.8. The fourth-order valence-corrected chi connectivity index (χ4v) is 1.04. The summed E-state index contributed by atoms with van der Waals surface area (Å²) >= 11 is 0. The van der Waals surface area contributed by atoms with Crippen LogP contribution in [0.2, 0.25) is 0 Å². The van der Waals surface area contributed by atoms with Gasteiger partial charge in [0.05, 0.1) is 0 Å². The van der Waals surface area contributed by atoms with Gasteiger partial charge in [-0.2, -0.15) is 0 Å². The Morgan fingerprint density at radius 2 is 2.06 bits per heavy atom. The van der Waals surface area contributed by atoms with Gasteiger partial charge in [0.2, 0.25) is 0 Å². The highest BCUT2D eigenvalue weighted by Crippen LogP contribution is 2.16. The van der Waals surface area contributed by atoms with Crippen molar-refractivity contribution < 1.29 is 14.6 Å². The maximum atomic E-state index is 11.4. The molecule has 4 heteroatoms. The Bertz CT molecular complexity index is 363. The summed E-state index contributed by atoms with van der Waals surface area (Å²) in [5.41, 5.74) is 0.515. The van der Waals surface area contributed by atoms with Crippen molar-refractivity contribution in [2.24, 2.45) is 5.92 Å². The third kappa shape index (κ3) is 3.81. The Morgan fingerprint density at radius 1 is 1.38 bits per heavy atom. The number of amides is 1. The summed E-state index contributed by atoms with van der Waals surface area (Å²) in [7, 11) is 0. The maximum Gasteiger partial charge on any atom is 0.411 e. The lowest BCUT2D eigenvalue weighted by Gasteiger charge is -2.16. The van der Waals surface area contributed by atoms with Crippen LogP contribution in [0.1, 0.15) is 20.8 Å². The number of nitrogens with one attached hydrogen (secondary N) is 1. The van der Waals surface area contributed by atoms with Gasteiger partial charge in [-0.05, 0) is 25.0 Å². The number of aromatic hydroxyl groups is 1. The van der Waals surface area contributed by atoms with E-state index in [9.17, 15) is 9.90 Å². The number of carbonyl (C=O) groups excluding carboxylic acids is 1. The fourth-order valence-electron chi connectivity index (χ4n) is 1.04. The van der Waals surface area contributed by atoms with E-state index in [-0.39, 0.29) is 17.8 Å². The molecular formula is C12H17NO3. The molecule has 16 heavy (non-hydrogen) atoms. The van der Waals surface area contributed by atoms with Crippen LogP contribution in [0.3, 0.4) is 0 Å². The van der Waals surface area contributed by atoms with Crippen LogP contribution >= 0.6 is 0 Å². The molecule has 1 rings (SSSR count). The minimum Gasteiger partial charge on any atom is -0.508 e. The van der Waals surface area contributed by atoms with Crippen LogP contribution in [0.15, 0.2) is 24.3 Å². The van der Waals surface area contributed by atoms with E-state index in [0.29, 0.717) is 5.69 Å². The van der Waals surface area contributed by atoms with Crippen LogP contribution in [0.25, 0.3) is 0 Å². The molecule has 1 aromatic rings. The number of benzene rings is 1. The summed E-state index contributed by atoms with van der Waals surface area (Å²) in [6.45, 7) is 5.80. The van der Waals surface area contributed by atoms with Crippen molar-refractivity contribution >= 4 is 11.8 Å². The number of anilines is 1. The smallest absolute Gasteiger partial charge is 0.411 e. The first kappa shape index (κ1) is 12.4. The van der Waals surface area contributed by atoms with Crippen LogP contribution in [0.5, 0.6) is 5.75 Å². The van der Waals surface area contributed by atoms with Gasteiger partial charge in [-0.25, -0.2) is 4.79 Å². The van der Waals surface area contributed by atoms with E-state index in [1.807, 2.05) is 20.8 Å². The molecule has 1 atom stereocenters. The normalized spacial score (nSPS) is 12.2. The summed E-state index contributed by atoms with van der Waals surface area (Å²) in [6, 6.07) is 6.33. The number of carbonyl (C=O) groups is 1. The van der Waals surface area contributed by atoms with Gasteiger partial charge in [-0.15, -0.1) is 0 Å². The number of ether oxygens (including phenoxy) is 1. The summed E-state index contributed by atoms with van der Waals surface area (Å²) in [6.07, 6.45) is -0.649. The first-order valence-corrected chi connectivity index (χ1v) is 5.25. The third-order valence-electron chi connectivity index (χ3n) is 2.32. The lowest BCUT2D eigenvalue weighted by molar-refractivity contribution is 0.0940. The second kappa shape index (κ2) is 5.39.